The van der Waals surface area contributed by atoms with Crippen molar-refractivity contribution in [3.05, 3.63) is 59.2 Å². The Morgan fingerprint density at radius 3 is 2.48 bits per heavy atom. The standard InChI is InChI=1S/C17H17F2NO/c1-17(2,3)13-6-4-5-11(16(13)21)10-20-15-9-12(18)7-8-14(15)19/h4-10,21H,1-3H3. The van der Waals surface area contributed by atoms with Crippen molar-refractivity contribution in [3.63, 3.8) is 0 Å². The van der Waals surface area contributed by atoms with E-state index in [1.807, 2.05) is 26.8 Å². The number of hydrogen-bond donors (Lipinski definition) is 1. The lowest BCUT2D eigenvalue weighted by Gasteiger charge is -2.21. The van der Waals surface area contributed by atoms with Crippen LogP contribution in [-0.4, -0.2) is 11.3 Å². The van der Waals surface area contributed by atoms with Crippen LogP contribution in [0.5, 0.6) is 5.75 Å². The van der Waals surface area contributed by atoms with Crippen LogP contribution in [0.15, 0.2) is 41.4 Å². The van der Waals surface area contributed by atoms with Crippen molar-refractivity contribution in [2.24, 2.45) is 4.99 Å². The topological polar surface area (TPSA) is 32.6 Å². The van der Waals surface area contributed by atoms with Crippen molar-refractivity contribution in [1.29, 1.82) is 0 Å². The van der Waals surface area contributed by atoms with Gasteiger partial charge in [-0.1, -0.05) is 32.9 Å². The summed E-state index contributed by atoms with van der Waals surface area (Å²) in [4.78, 5) is 3.92. The van der Waals surface area contributed by atoms with Crippen LogP contribution in [0, 0.1) is 11.6 Å². The molecule has 0 fully saturated rings. The number of phenols is 1. The zero-order valence-corrected chi connectivity index (χ0v) is 12.2. The average molecular weight is 289 g/mol. The molecule has 0 aliphatic heterocycles. The van der Waals surface area contributed by atoms with Gasteiger partial charge in [-0.3, -0.25) is 4.99 Å². The third-order valence-electron chi connectivity index (χ3n) is 3.13. The number of aliphatic imine (C=N–C) groups is 1. The molecule has 2 nitrogen and oxygen atoms in total. The van der Waals surface area contributed by atoms with E-state index in [0.717, 1.165) is 23.8 Å². The molecule has 0 unspecified atom stereocenters. The summed E-state index contributed by atoms with van der Waals surface area (Å²) in [5.74, 6) is -1.07. The van der Waals surface area contributed by atoms with Gasteiger partial charge in [0.05, 0.1) is 0 Å². The zero-order valence-electron chi connectivity index (χ0n) is 12.2. The highest BCUT2D eigenvalue weighted by Gasteiger charge is 2.19. The molecule has 0 saturated heterocycles. The van der Waals surface area contributed by atoms with E-state index in [4.69, 9.17) is 0 Å². The smallest absolute Gasteiger partial charge is 0.149 e. The Bertz CT molecular complexity index is 688. The number of nitrogens with zero attached hydrogens (tertiary/aromatic N) is 1. The average Bonchev–Trinajstić information content (AvgIpc) is 2.40. The van der Waals surface area contributed by atoms with Crippen LogP contribution in [0.3, 0.4) is 0 Å². The van der Waals surface area contributed by atoms with Gasteiger partial charge in [-0.25, -0.2) is 8.78 Å². The van der Waals surface area contributed by atoms with E-state index >= 15 is 0 Å². The fourth-order valence-corrected chi connectivity index (χ4v) is 1.99. The molecular formula is C17H17F2NO. The first-order valence-electron chi connectivity index (χ1n) is 6.60. The predicted octanol–water partition coefficient (Wildman–Crippen LogP) is 4.72. The Hall–Kier alpha value is -2.23. The Balaban J connectivity index is 2.40. The highest BCUT2D eigenvalue weighted by molar-refractivity contribution is 5.86. The second kappa shape index (κ2) is 5.64. The van der Waals surface area contributed by atoms with Crippen LogP contribution in [0.1, 0.15) is 31.9 Å². The van der Waals surface area contributed by atoms with E-state index in [2.05, 4.69) is 4.99 Å². The van der Waals surface area contributed by atoms with Gasteiger partial charge >= 0.3 is 0 Å². The van der Waals surface area contributed by atoms with E-state index in [1.54, 1.807) is 12.1 Å². The highest BCUT2D eigenvalue weighted by atomic mass is 19.1. The molecule has 0 saturated carbocycles. The summed E-state index contributed by atoms with van der Waals surface area (Å²) in [5.41, 5.74) is 0.908. The molecule has 0 aliphatic carbocycles. The SMILES string of the molecule is CC(C)(C)c1cccc(C=Nc2cc(F)ccc2F)c1O. The Morgan fingerprint density at radius 2 is 1.81 bits per heavy atom. The molecule has 0 heterocycles. The third-order valence-corrected chi connectivity index (χ3v) is 3.13. The van der Waals surface area contributed by atoms with Gasteiger partial charge in [-0.05, 0) is 29.2 Å². The molecule has 110 valence electrons. The lowest BCUT2D eigenvalue weighted by atomic mass is 9.85. The maximum absolute atomic E-state index is 13.5. The quantitative estimate of drug-likeness (QED) is 0.797. The molecule has 2 aromatic rings. The fraction of sp³-hybridized carbons (Fsp3) is 0.235. The predicted molar refractivity (Wildman–Crippen MR) is 80.4 cm³/mol. The first kappa shape index (κ1) is 15.2. The van der Waals surface area contributed by atoms with E-state index in [-0.39, 0.29) is 16.9 Å². The van der Waals surface area contributed by atoms with E-state index in [0.29, 0.717) is 5.56 Å². The van der Waals surface area contributed by atoms with Crippen LogP contribution >= 0.6 is 0 Å². The molecule has 0 amide bonds. The zero-order chi connectivity index (χ0) is 15.6. The second-order valence-corrected chi connectivity index (χ2v) is 5.85. The van der Waals surface area contributed by atoms with Crippen LogP contribution in [-0.2, 0) is 5.41 Å². The van der Waals surface area contributed by atoms with Gasteiger partial charge in [0.15, 0.2) is 0 Å². The number of rotatable bonds is 2. The summed E-state index contributed by atoms with van der Waals surface area (Å²) in [5, 5.41) is 10.3. The maximum atomic E-state index is 13.5. The first-order valence-corrected chi connectivity index (χ1v) is 6.60. The van der Waals surface area contributed by atoms with Gasteiger partial charge in [0, 0.05) is 17.8 Å². The van der Waals surface area contributed by atoms with Crippen LogP contribution in [0.25, 0.3) is 0 Å². The second-order valence-electron chi connectivity index (χ2n) is 5.85. The highest BCUT2D eigenvalue weighted by Crippen LogP contribution is 2.32. The number of para-hydroxylation sites is 1. The minimum Gasteiger partial charge on any atom is -0.507 e. The van der Waals surface area contributed by atoms with Crippen molar-refractivity contribution in [3.8, 4) is 5.75 Å². The molecule has 0 atom stereocenters. The summed E-state index contributed by atoms with van der Waals surface area (Å²) in [6, 6.07) is 8.36. The van der Waals surface area contributed by atoms with Gasteiger partial charge in [0.25, 0.3) is 0 Å². The summed E-state index contributed by atoms with van der Waals surface area (Å²) in [6.45, 7) is 5.94. The summed E-state index contributed by atoms with van der Waals surface area (Å²) < 4.78 is 26.6. The van der Waals surface area contributed by atoms with Gasteiger partial charge < -0.3 is 5.11 Å². The van der Waals surface area contributed by atoms with Crippen LogP contribution in [0.4, 0.5) is 14.5 Å². The van der Waals surface area contributed by atoms with E-state index in [1.165, 1.54) is 6.21 Å². The molecule has 2 rings (SSSR count). The van der Waals surface area contributed by atoms with Crippen molar-refractivity contribution in [2.45, 2.75) is 26.2 Å². The van der Waals surface area contributed by atoms with Crippen molar-refractivity contribution < 1.29 is 13.9 Å². The third kappa shape index (κ3) is 3.45. The fourth-order valence-electron chi connectivity index (χ4n) is 1.99. The Labute approximate surface area is 122 Å². The molecule has 0 aliphatic rings. The molecule has 4 heteroatoms. The van der Waals surface area contributed by atoms with Gasteiger partial charge in [-0.15, -0.1) is 0 Å². The minimum atomic E-state index is -0.612. The summed E-state index contributed by atoms with van der Waals surface area (Å²) >= 11 is 0. The molecule has 21 heavy (non-hydrogen) atoms. The Morgan fingerprint density at radius 1 is 1.10 bits per heavy atom. The molecular weight excluding hydrogens is 272 g/mol. The van der Waals surface area contributed by atoms with Crippen molar-refractivity contribution in [1.82, 2.24) is 0 Å². The summed E-state index contributed by atoms with van der Waals surface area (Å²) in [6.07, 6.45) is 1.34. The molecule has 1 N–H and O–H groups in total. The molecule has 0 bridgehead atoms. The van der Waals surface area contributed by atoms with Gasteiger partial charge in [-0.2, -0.15) is 0 Å². The minimum absolute atomic E-state index is 0.101. The lowest BCUT2D eigenvalue weighted by molar-refractivity contribution is 0.446. The molecule has 0 radical (unpaired) electrons. The number of halogens is 2. The van der Waals surface area contributed by atoms with Crippen molar-refractivity contribution >= 4 is 11.9 Å². The van der Waals surface area contributed by atoms with Crippen LogP contribution in [0.2, 0.25) is 0 Å². The summed E-state index contributed by atoms with van der Waals surface area (Å²) in [7, 11) is 0. The number of phenolic OH excluding ortho intramolecular Hbond substituents is 1. The lowest BCUT2D eigenvalue weighted by Crippen LogP contribution is -2.11. The maximum Gasteiger partial charge on any atom is 0.149 e. The van der Waals surface area contributed by atoms with Gasteiger partial charge in [0.2, 0.25) is 0 Å². The first-order chi connectivity index (χ1) is 9.79. The monoisotopic (exact) mass is 289 g/mol. The number of benzene rings is 2. The van der Waals surface area contributed by atoms with Crippen molar-refractivity contribution in [2.75, 3.05) is 0 Å². The number of hydrogen-bond acceptors (Lipinski definition) is 2. The van der Waals surface area contributed by atoms with Gasteiger partial charge in [0.1, 0.15) is 23.1 Å². The molecule has 0 aromatic heterocycles. The normalized spacial score (nSPS) is 12.0. The molecule has 0 spiro atoms. The van der Waals surface area contributed by atoms with E-state index < -0.39 is 11.6 Å². The van der Waals surface area contributed by atoms with E-state index in [9.17, 15) is 13.9 Å². The number of aromatic hydroxyl groups is 1. The molecule has 2 aromatic carbocycles. The Kier molecular flexibility index (Phi) is 4.07. The van der Waals surface area contributed by atoms with Crippen LogP contribution < -0.4 is 0 Å². The largest absolute Gasteiger partial charge is 0.507 e.